The number of hydrogen-bond donors (Lipinski definition) is 5. The number of benzene rings is 2. The lowest BCUT2D eigenvalue weighted by Crippen LogP contribution is -2.36. The molecular formula is C19H21N5O. The highest BCUT2D eigenvalue weighted by Crippen LogP contribution is 2.29. The lowest BCUT2D eigenvalue weighted by Gasteiger charge is -2.12. The highest BCUT2D eigenvalue weighted by atomic mass is 16.1. The predicted molar refractivity (Wildman–Crippen MR) is 101 cm³/mol. The van der Waals surface area contributed by atoms with E-state index in [4.69, 9.17) is 22.3 Å². The van der Waals surface area contributed by atoms with Gasteiger partial charge in [-0.2, -0.15) is 0 Å². The third-order valence-corrected chi connectivity index (χ3v) is 3.77. The molecule has 0 bridgehead atoms. The lowest BCUT2D eigenvalue weighted by atomic mass is 9.93. The maximum atomic E-state index is 12.0. The van der Waals surface area contributed by atoms with Crippen LogP contribution in [0, 0.1) is 17.7 Å². The third-order valence-electron chi connectivity index (χ3n) is 3.77. The Kier molecular flexibility index (Phi) is 5.34. The number of carbonyl (C=O) groups excluding carboxylic acids is 1. The number of aryl methyl sites for hydroxylation is 1. The molecule has 7 N–H and O–H groups in total. The SMILES string of the molecule is C/C(=C\c1ccccc1-c1ccc(C(=N)N)cc1C)C(=O)NC(=N)N. The van der Waals surface area contributed by atoms with Crippen molar-refractivity contribution in [1.29, 1.82) is 10.8 Å². The van der Waals surface area contributed by atoms with Gasteiger partial charge in [-0.05, 0) is 48.2 Å². The van der Waals surface area contributed by atoms with Crippen molar-refractivity contribution in [2.24, 2.45) is 11.5 Å². The van der Waals surface area contributed by atoms with Gasteiger partial charge in [0, 0.05) is 11.1 Å². The first-order valence-corrected chi connectivity index (χ1v) is 7.67. The van der Waals surface area contributed by atoms with Crippen LogP contribution in [0.5, 0.6) is 0 Å². The highest BCUT2D eigenvalue weighted by molar-refractivity contribution is 6.06. The summed E-state index contributed by atoms with van der Waals surface area (Å²) in [5.41, 5.74) is 15.7. The average molecular weight is 335 g/mol. The quantitative estimate of drug-likeness (QED) is 0.334. The van der Waals surface area contributed by atoms with Crippen molar-refractivity contribution in [3.63, 3.8) is 0 Å². The van der Waals surface area contributed by atoms with E-state index in [-0.39, 0.29) is 11.8 Å². The number of amides is 1. The first-order valence-electron chi connectivity index (χ1n) is 7.67. The molecule has 128 valence electrons. The van der Waals surface area contributed by atoms with Gasteiger partial charge in [-0.1, -0.05) is 36.4 Å². The van der Waals surface area contributed by atoms with Crippen LogP contribution in [-0.2, 0) is 4.79 Å². The first-order chi connectivity index (χ1) is 11.8. The van der Waals surface area contributed by atoms with Crippen molar-refractivity contribution in [2.45, 2.75) is 13.8 Å². The molecule has 1 amide bonds. The summed E-state index contributed by atoms with van der Waals surface area (Å²) in [4.78, 5) is 12.0. The van der Waals surface area contributed by atoms with E-state index in [1.54, 1.807) is 19.1 Å². The molecule has 0 atom stereocenters. The van der Waals surface area contributed by atoms with E-state index in [1.807, 2.05) is 43.3 Å². The molecule has 0 aliphatic rings. The second-order valence-electron chi connectivity index (χ2n) is 5.73. The van der Waals surface area contributed by atoms with Crippen molar-refractivity contribution >= 4 is 23.8 Å². The number of guanidine groups is 1. The number of carbonyl (C=O) groups is 1. The van der Waals surface area contributed by atoms with Crippen LogP contribution >= 0.6 is 0 Å². The Morgan fingerprint density at radius 1 is 1.08 bits per heavy atom. The standard InChI is InChI=1S/C19H21N5O/c1-11-9-14(17(20)21)7-8-15(11)16-6-4-3-5-13(16)10-12(2)18(25)24-19(22)23/h3-10H,1-2H3,(H3,20,21)(H4,22,23,24,25)/b12-10+. The smallest absolute Gasteiger partial charge is 0.253 e. The molecule has 0 fully saturated rings. The number of nitrogens with two attached hydrogens (primary N) is 2. The molecular weight excluding hydrogens is 314 g/mol. The van der Waals surface area contributed by atoms with Gasteiger partial charge < -0.3 is 11.5 Å². The first kappa shape index (κ1) is 17.9. The third kappa shape index (κ3) is 4.32. The average Bonchev–Trinajstić information content (AvgIpc) is 2.54. The molecule has 6 nitrogen and oxygen atoms in total. The molecule has 0 unspecified atom stereocenters. The molecule has 0 spiro atoms. The molecule has 2 aromatic carbocycles. The lowest BCUT2D eigenvalue weighted by molar-refractivity contribution is -0.116. The summed E-state index contributed by atoms with van der Waals surface area (Å²) in [7, 11) is 0. The van der Waals surface area contributed by atoms with Crippen LogP contribution in [0.25, 0.3) is 17.2 Å². The summed E-state index contributed by atoms with van der Waals surface area (Å²) in [6, 6.07) is 13.3. The molecule has 0 saturated carbocycles. The van der Waals surface area contributed by atoms with Crippen LogP contribution < -0.4 is 16.8 Å². The predicted octanol–water partition coefficient (Wildman–Crippen LogP) is 2.36. The summed E-state index contributed by atoms with van der Waals surface area (Å²) in [5.74, 6) is -0.771. The number of nitrogens with one attached hydrogen (secondary N) is 3. The van der Waals surface area contributed by atoms with Crippen LogP contribution in [0.1, 0.15) is 23.6 Å². The molecule has 0 saturated heterocycles. The van der Waals surface area contributed by atoms with Gasteiger partial charge in [-0.25, -0.2) is 0 Å². The van der Waals surface area contributed by atoms with Gasteiger partial charge >= 0.3 is 0 Å². The Balaban J connectivity index is 2.47. The fourth-order valence-corrected chi connectivity index (χ4v) is 2.52. The largest absolute Gasteiger partial charge is 0.384 e. The van der Waals surface area contributed by atoms with Crippen LogP contribution in [0.2, 0.25) is 0 Å². The monoisotopic (exact) mass is 335 g/mol. The van der Waals surface area contributed by atoms with E-state index < -0.39 is 5.91 Å². The zero-order valence-corrected chi connectivity index (χ0v) is 14.2. The molecule has 0 aliphatic carbocycles. The summed E-state index contributed by atoms with van der Waals surface area (Å²) >= 11 is 0. The fraction of sp³-hybridized carbons (Fsp3) is 0.105. The molecule has 0 radical (unpaired) electrons. The Bertz CT molecular complexity index is 883. The van der Waals surface area contributed by atoms with Gasteiger partial charge in [-0.3, -0.25) is 20.9 Å². The van der Waals surface area contributed by atoms with E-state index in [0.717, 1.165) is 22.3 Å². The van der Waals surface area contributed by atoms with E-state index in [1.165, 1.54) is 0 Å². The van der Waals surface area contributed by atoms with E-state index >= 15 is 0 Å². The maximum Gasteiger partial charge on any atom is 0.253 e. The van der Waals surface area contributed by atoms with E-state index in [2.05, 4.69) is 5.32 Å². The second kappa shape index (κ2) is 7.44. The van der Waals surface area contributed by atoms with Gasteiger partial charge in [0.15, 0.2) is 5.96 Å². The molecule has 25 heavy (non-hydrogen) atoms. The van der Waals surface area contributed by atoms with Gasteiger partial charge in [0.1, 0.15) is 5.84 Å². The molecule has 2 aromatic rings. The summed E-state index contributed by atoms with van der Waals surface area (Å²) in [6.07, 6.45) is 1.76. The fourth-order valence-electron chi connectivity index (χ4n) is 2.52. The van der Waals surface area contributed by atoms with Crippen molar-refractivity contribution < 1.29 is 4.79 Å². The number of amidine groups is 1. The Morgan fingerprint density at radius 3 is 2.36 bits per heavy atom. The second-order valence-corrected chi connectivity index (χ2v) is 5.73. The Labute approximate surface area is 146 Å². The van der Waals surface area contributed by atoms with E-state index in [9.17, 15) is 4.79 Å². The Hall–Kier alpha value is -3.41. The van der Waals surface area contributed by atoms with Crippen molar-refractivity contribution in [1.82, 2.24) is 5.32 Å². The van der Waals surface area contributed by atoms with Gasteiger partial charge in [0.25, 0.3) is 5.91 Å². The summed E-state index contributed by atoms with van der Waals surface area (Å²) in [5, 5.41) is 17.0. The summed E-state index contributed by atoms with van der Waals surface area (Å²) in [6.45, 7) is 3.62. The molecule has 0 aromatic heterocycles. The molecule has 0 heterocycles. The number of nitrogen functional groups attached to an aromatic ring is 1. The van der Waals surface area contributed by atoms with E-state index in [0.29, 0.717) is 11.1 Å². The Morgan fingerprint density at radius 2 is 1.76 bits per heavy atom. The van der Waals surface area contributed by atoms with Gasteiger partial charge in [0.05, 0.1) is 0 Å². The number of rotatable bonds is 4. The zero-order valence-electron chi connectivity index (χ0n) is 14.2. The minimum absolute atomic E-state index is 0.0274. The highest BCUT2D eigenvalue weighted by Gasteiger charge is 2.10. The van der Waals surface area contributed by atoms with Crippen molar-refractivity contribution in [3.05, 3.63) is 64.7 Å². The van der Waals surface area contributed by atoms with Gasteiger partial charge in [0.2, 0.25) is 0 Å². The number of hydrogen-bond acceptors (Lipinski definition) is 3. The minimum Gasteiger partial charge on any atom is -0.384 e. The molecule has 0 aliphatic heterocycles. The van der Waals surface area contributed by atoms with Crippen molar-refractivity contribution in [3.8, 4) is 11.1 Å². The summed E-state index contributed by atoms with van der Waals surface area (Å²) < 4.78 is 0. The molecule has 6 heteroatoms. The maximum absolute atomic E-state index is 12.0. The van der Waals surface area contributed by atoms with Crippen LogP contribution in [0.4, 0.5) is 0 Å². The van der Waals surface area contributed by atoms with Crippen LogP contribution in [-0.4, -0.2) is 17.7 Å². The zero-order chi connectivity index (χ0) is 18.6. The van der Waals surface area contributed by atoms with Gasteiger partial charge in [-0.15, -0.1) is 0 Å². The van der Waals surface area contributed by atoms with Crippen LogP contribution in [0.3, 0.4) is 0 Å². The van der Waals surface area contributed by atoms with Crippen LogP contribution in [0.15, 0.2) is 48.0 Å². The molecule has 2 rings (SSSR count). The topological polar surface area (TPSA) is 129 Å². The minimum atomic E-state index is -0.411. The van der Waals surface area contributed by atoms with Crippen molar-refractivity contribution in [2.75, 3.05) is 0 Å². The normalized spacial score (nSPS) is 11.0.